The summed E-state index contributed by atoms with van der Waals surface area (Å²) in [4.78, 5) is 25.3. The third kappa shape index (κ3) is 4.32. The molecule has 2 aromatic carbocycles. The minimum atomic E-state index is -0.879. The molecular formula is C22H23NO4S2. The zero-order valence-corrected chi connectivity index (χ0v) is 17.7. The number of likely N-dealkylation sites (tertiary alicyclic amines) is 1. The van der Waals surface area contributed by atoms with Gasteiger partial charge >= 0.3 is 0 Å². The van der Waals surface area contributed by atoms with Crippen LogP contribution in [0.4, 0.5) is 0 Å². The molecule has 4 rings (SSSR count). The van der Waals surface area contributed by atoms with Gasteiger partial charge in [0.05, 0.1) is 12.6 Å². The van der Waals surface area contributed by atoms with Crippen molar-refractivity contribution in [2.24, 2.45) is 0 Å². The topological polar surface area (TPSA) is 55.8 Å². The van der Waals surface area contributed by atoms with E-state index in [9.17, 15) is 9.59 Å². The molecular weight excluding hydrogens is 406 g/mol. The quantitative estimate of drug-likeness (QED) is 0.408. The van der Waals surface area contributed by atoms with Crippen molar-refractivity contribution in [2.75, 3.05) is 6.61 Å². The molecule has 152 valence electrons. The summed E-state index contributed by atoms with van der Waals surface area (Å²) in [6.07, 6.45) is 2.20. The predicted octanol–water partition coefficient (Wildman–Crippen LogP) is 4.32. The van der Waals surface area contributed by atoms with Gasteiger partial charge in [0, 0.05) is 25.0 Å². The largest absolute Gasteiger partial charge is 0.457 e. The fourth-order valence-electron chi connectivity index (χ4n) is 3.72. The Morgan fingerprint density at radius 3 is 2.45 bits per heavy atom. The molecule has 0 N–H and O–H groups in total. The standard InChI is InChI=1S/C22H23NO4S2/c24-20-10-11-21(25)23(20)14-15-8-9-18(27-16-5-2-1-3-6-16)17(13-15)22(28,29)19-7-4-12-26-19/h1-3,5-6,8-9,13,19,28-29H,4,7,10-12,14H2. The normalized spacial score (nSPS) is 19.8. The summed E-state index contributed by atoms with van der Waals surface area (Å²) in [6, 6.07) is 15.1. The van der Waals surface area contributed by atoms with Crippen LogP contribution in [0.3, 0.4) is 0 Å². The fourth-order valence-corrected chi connectivity index (χ4v) is 4.47. The highest BCUT2D eigenvalue weighted by Crippen LogP contribution is 2.47. The van der Waals surface area contributed by atoms with Crippen LogP contribution in [-0.4, -0.2) is 29.4 Å². The first-order valence-corrected chi connectivity index (χ1v) is 10.6. The van der Waals surface area contributed by atoms with Crippen LogP contribution in [0.15, 0.2) is 48.5 Å². The Hall–Kier alpha value is -1.96. The van der Waals surface area contributed by atoms with Crippen LogP contribution in [0.1, 0.15) is 36.8 Å². The Bertz CT molecular complexity index is 894. The number of para-hydroxylation sites is 1. The van der Waals surface area contributed by atoms with Gasteiger partial charge in [-0.05, 0) is 42.7 Å². The van der Waals surface area contributed by atoms with Gasteiger partial charge in [-0.25, -0.2) is 0 Å². The monoisotopic (exact) mass is 429 g/mol. The van der Waals surface area contributed by atoms with E-state index in [1.165, 1.54) is 4.90 Å². The van der Waals surface area contributed by atoms with Gasteiger partial charge < -0.3 is 9.47 Å². The van der Waals surface area contributed by atoms with Gasteiger partial charge in [-0.3, -0.25) is 14.5 Å². The lowest BCUT2D eigenvalue weighted by molar-refractivity contribution is -0.139. The first-order valence-electron chi connectivity index (χ1n) is 9.71. The number of nitrogens with zero attached hydrogens (tertiary/aromatic N) is 1. The number of ether oxygens (including phenoxy) is 2. The van der Waals surface area contributed by atoms with Gasteiger partial charge in [0.15, 0.2) is 0 Å². The Kier molecular flexibility index (Phi) is 5.90. The molecule has 2 aliphatic heterocycles. The minimum absolute atomic E-state index is 0.136. The van der Waals surface area contributed by atoms with Crippen LogP contribution in [0.2, 0.25) is 0 Å². The predicted molar refractivity (Wildman–Crippen MR) is 116 cm³/mol. The summed E-state index contributed by atoms with van der Waals surface area (Å²) in [7, 11) is 0. The fraction of sp³-hybridized carbons (Fsp3) is 0.364. The number of amides is 2. The van der Waals surface area contributed by atoms with Gasteiger partial charge in [0.2, 0.25) is 11.8 Å². The molecule has 2 aromatic rings. The molecule has 0 saturated carbocycles. The first kappa shape index (κ1) is 20.3. The van der Waals surface area contributed by atoms with E-state index >= 15 is 0 Å². The Labute approximate surface area is 181 Å². The summed E-state index contributed by atoms with van der Waals surface area (Å²) in [5, 5.41) is 0. The Morgan fingerprint density at radius 2 is 1.79 bits per heavy atom. The number of rotatable bonds is 6. The van der Waals surface area contributed by atoms with E-state index in [1.54, 1.807) is 0 Å². The van der Waals surface area contributed by atoms with E-state index in [-0.39, 0.29) is 37.3 Å². The van der Waals surface area contributed by atoms with E-state index in [2.05, 4.69) is 0 Å². The van der Waals surface area contributed by atoms with E-state index in [0.29, 0.717) is 18.1 Å². The summed E-state index contributed by atoms with van der Waals surface area (Å²) in [5.74, 6) is 1.06. The molecule has 0 bridgehead atoms. The molecule has 0 spiro atoms. The zero-order chi connectivity index (χ0) is 20.4. The lowest BCUT2D eigenvalue weighted by Gasteiger charge is -2.31. The molecule has 2 saturated heterocycles. The molecule has 2 fully saturated rings. The van der Waals surface area contributed by atoms with Crippen LogP contribution in [0, 0.1) is 0 Å². The van der Waals surface area contributed by atoms with Crippen molar-refractivity contribution in [1.82, 2.24) is 4.90 Å². The third-order valence-electron chi connectivity index (χ3n) is 5.29. The van der Waals surface area contributed by atoms with Crippen LogP contribution in [0.5, 0.6) is 11.5 Å². The molecule has 0 aliphatic carbocycles. The van der Waals surface area contributed by atoms with Crippen LogP contribution in [0.25, 0.3) is 0 Å². The summed E-state index contributed by atoms with van der Waals surface area (Å²) in [6.45, 7) is 0.915. The number of hydrogen-bond donors (Lipinski definition) is 2. The second-order valence-corrected chi connectivity index (χ2v) is 9.11. The molecule has 0 aromatic heterocycles. The summed E-state index contributed by atoms with van der Waals surface area (Å²) < 4.78 is 11.1. The number of carbonyl (C=O) groups excluding carboxylic acids is 2. The van der Waals surface area contributed by atoms with E-state index in [0.717, 1.165) is 24.0 Å². The molecule has 1 atom stereocenters. The molecule has 2 heterocycles. The molecule has 0 radical (unpaired) electrons. The average molecular weight is 430 g/mol. The van der Waals surface area contributed by atoms with Crippen LogP contribution in [-0.2, 0) is 24.9 Å². The molecule has 5 nitrogen and oxygen atoms in total. The zero-order valence-electron chi connectivity index (χ0n) is 15.9. The highest BCUT2D eigenvalue weighted by molar-refractivity contribution is 7.99. The van der Waals surface area contributed by atoms with Gasteiger partial charge in [-0.15, -0.1) is 0 Å². The number of benzene rings is 2. The highest BCUT2D eigenvalue weighted by Gasteiger charge is 2.39. The number of thiol groups is 2. The minimum Gasteiger partial charge on any atom is -0.457 e. The van der Waals surface area contributed by atoms with Gasteiger partial charge in [0.25, 0.3) is 0 Å². The van der Waals surface area contributed by atoms with Crippen LogP contribution < -0.4 is 4.74 Å². The molecule has 2 amide bonds. The second kappa shape index (κ2) is 8.42. The number of imide groups is 1. The van der Waals surface area contributed by atoms with E-state index in [1.807, 2.05) is 48.5 Å². The highest BCUT2D eigenvalue weighted by atomic mass is 32.2. The first-order chi connectivity index (χ1) is 13.9. The van der Waals surface area contributed by atoms with Crippen LogP contribution >= 0.6 is 25.3 Å². The molecule has 2 aliphatic rings. The smallest absolute Gasteiger partial charge is 0.229 e. The second-order valence-electron chi connectivity index (χ2n) is 7.35. The Balaban J connectivity index is 1.69. The SMILES string of the molecule is O=C1CCC(=O)N1Cc1ccc(Oc2ccccc2)c(C(S)(S)C2CCCO2)c1. The molecule has 29 heavy (non-hydrogen) atoms. The number of hydrogen-bond acceptors (Lipinski definition) is 6. The molecule has 7 heteroatoms. The Morgan fingerprint density at radius 1 is 1.07 bits per heavy atom. The maximum Gasteiger partial charge on any atom is 0.229 e. The van der Waals surface area contributed by atoms with E-state index in [4.69, 9.17) is 34.7 Å². The lowest BCUT2D eigenvalue weighted by atomic mass is 10.00. The maximum absolute atomic E-state index is 12.0. The maximum atomic E-state index is 12.0. The van der Waals surface area contributed by atoms with Crippen molar-refractivity contribution in [1.29, 1.82) is 0 Å². The van der Waals surface area contributed by atoms with Crippen molar-refractivity contribution in [3.8, 4) is 11.5 Å². The van der Waals surface area contributed by atoms with Crippen molar-refractivity contribution in [2.45, 2.75) is 42.4 Å². The average Bonchev–Trinajstić information content (AvgIpc) is 3.36. The van der Waals surface area contributed by atoms with Crippen molar-refractivity contribution in [3.05, 3.63) is 59.7 Å². The van der Waals surface area contributed by atoms with Gasteiger partial charge in [-0.2, -0.15) is 25.3 Å². The third-order valence-corrected chi connectivity index (χ3v) is 6.34. The number of carbonyl (C=O) groups is 2. The van der Waals surface area contributed by atoms with Gasteiger partial charge in [-0.1, -0.05) is 24.3 Å². The lowest BCUT2D eigenvalue weighted by Crippen LogP contribution is -2.30. The van der Waals surface area contributed by atoms with Crippen molar-refractivity contribution < 1.29 is 19.1 Å². The summed E-state index contributed by atoms with van der Waals surface area (Å²) >= 11 is 9.70. The van der Waals surface area contributed by atoms with Crippen molar-refractivity contribution >= 4 is 37.1 Å². The van der Waals surface area contributed by atoms with E-state index < -0.39 is 4.08 Å². The van der Waals surface area contributed by atoms with Gasteiger partial charge in [0.1, 0.15) is 15.6 Å². The molecule has 1 unspecified atom stereocenters. The van der Waals surface area contributed by atoms with Crippen molar-refractivity contribution in [3.63, 3.8) is 0 Å². The summed E-state index contributed by atoms with van der Waals surface area (Å²) in [5.41, 5.74) is 1.59.